The van der Waals surface area contributed by atoms with Crippen LogP contribution < -0.4 is 10.2 Å². The summed E-state index contributed by atoms with van der Waals surface area (Å²) in [5, 5.41) is 5.28. The number of rotatable bonds is 5. The van der Waals surface area contributed by atoms with Crippen LogP contribution in [-0.4, -0.2) is 18.7 Å². The molecule has 0 aliphatic heterocycles. The summed E-state index contributed by atoms with van der Waals surface area (Å²) in [6.45, 7) is -0.209. The molecule has 0 fully saturated rings. The predicted octanol–water partition coefficient (Wildman–Crippen LogP) is 4.18. The summed E-state index contributed by atoms with van der Waals surface area (Å²) in [6, 6.07) is 11.8. The van der Waals surface area contributed by atoms with Crippen LogP contribution in [0.1, 0.15) is 5.56 Å². The van der Waals surface area contributed by atoms with Gasteiger partial charge in [-0.2, -0.15) is 5.10 Å². The first-order valence-electron chi connectivity index (χ1n) is 6.20. The number of nitrogens with one attached hydrogen (secondary N) is 1. The van der Waals surface area contributed by atoms with Gasteiger partial charge in [0.15, 0.2) is 6.61 Å². The number of carbonyl (C=O) groups is 1. The van der Waals surface area contributed by atoms with Crippen molar-refractivity contribution < 1.29 is 9.53 Å². The third kappa shape index (κ3) is 5.22. The third-order valence-corrected chi connectivity index (χ3v) is 3.31. The zero-order chi connectivity index (χ0) is 15.9. The lowest BCUT2D eigenvalue weighted by Crippen LogP contribution is -2.24. The number of nitrogens with zero attached hydrogens (tertiary/aromatic N) is 1. The van der Waals surface area contributed by atoms with Crippen LogP contribution >= 0.6 is 34.8 Å². The molecule has 1 N–H and O–H groups in total. The first-order chi connectivity index (χ1) is 10.5. The van der Waals surface area contributed by atoms with Gasteiger partial charge in [0.25, 0.3) is 5.91 Å². The molecule has 7 heteroatoms. The molecular weight excluding hydrogens is 347 g/mol. The van der Waals surface area contributed by atoms with Crippen molar-refractivity contribution in [1.29, 1.82) is 0 Å². The average molecular weight is 358 g/mol. The molecule has 0 aliphatic carbocycles. The molecule has 2 rings (SSSR count). The molecule has 114 valence electrons. The molecule has 4 nitrogen and oxygen atoms in total. The summed E-state index contributed by atoms with van der Waals surface area (Å²) in [6.07, 6.45) is 1.50. The van der Waals surface area contributed by atoms with Gasteiger partial charge < -0.3 is 4.74 Å². The van der Waals surface area contributed by atoms with E-state index >= 15 is 0 Å². The van der Waals surface area contributed by atoms with E-state index in [1.807, 2.05) is 0 Å². The fourth-order valence-corrected chi connectivity index (χ4v) is 2.08. The second-order valence-electron chi connectivity index (χ2n) is 4.21. The monoisotopic (exact) mass is 356 g/mol. The number of benzene rings is 2. The van der Waals surface area contributed by atoms with Crippen LogP contribution in [0, 0.1) is 0 Å². The smallest absolute Gasteiger partial charge is 0.277 e. The van der Waals surface area contributed by atoms with E-state index in [2.05, 4.69) is 10.5 Å². The Hall–Kier alpha value is -1.75. The van der Waals surface area contributed by atoms with Crippen molar-refractivity contribution >= 4 is 46.9 Å². The first-order valence-corrected chi connectivity index (χ1v) is 7.33. The molecule has 0 unspecified atom stereocenters. The maximum atomic E-state index is 11.6. The van der Waals surface area contributed by atoms with E-state index in [0.29, 0.717) is 20.8 Å². The van der Waals surface area contributed by atoms with Crippen molar-refractivity contribution in [2.24, 2.45) is 5.10 Å². The van der Waals surface area contributed by atoms with Gasteiger partial charge in [0.2, 0.25) is 0 Å². The molecule has 0 heterocycles. The normalized spacial score (nSPS) is 10.7. The molecule has 0 radical (unpaired) electrons. The Balaban J connectivity index is 1.81. The van der Waals surface area contributed by atoms with E-state index < -0.39 is 5.91 Å². The Bertz CT molecular complexity index is 688. The molecule has 0 spiro atoms. The number of hydrazone groups is 1. The van der Waals surface area contributed by atoms with Crippen LogP contribution in [0.15, 0.2) is 47.6 Å². The average Bonchev–Trinajstić information content (AvgIpc) is 2.48. The Morgan fingerprint density at radius 3 is 2.45 bits per heavy atom. The second-order valence-corrected chi connectivity index (χ2v) is 5.49. The highest BCUT2D eigenvalue weighted by Crippen LogP contribution is 2.27. The lowest BCUT2D eigenvalue weighted by molar-refractivity contribution is -0.123. The van der Waals surface area contributed by atoms with Gasteiger partial charge in [0.05, 0.1) is 11.2 Å². The van der Waals surface area contributed by atoms with Crippen LogP contribution in [0.3, 0.4) is 0 Å². The fraction of sp³-hybridized carbons (Fsp3) is 0.0667. The highest BCUT2D eigenvalue weighted by atomic mass is 35.5. The second kappa shape index (κ2) is 8.03. The van der Waals surface area contributed by atoms with Crippen LogP contribution in [-0.2, 0) is 4.79 Å². The highest BCUT2D eigenvalue weighted by molar-refractivity contribution is 6.35. The van der Waals surface area contributed by atoms with E-state index in [1.54, 1.807) is 36.4 Å². The van der Waals surface area contributed by atoms with E-state index in [-0.39, 0.29) is 6.61 Å². The molecular formula is C15H11Cl3N2O2. The summed E-state index contributed by atoms with van der Waals surface area (Å²) in [5.41, 5.74) is 3.16. The van der Waals surface area contributed by atoms with Crippen molar-refractivity contribution in [2.45, 2.75) is 0 Å². The summed E-state index contributed by atoms with van der Waals surface area (Å²) in [5.74, 6) is -0.0286. The summed E-state index contributed by atoms with van der Waals surface area (Å²) in [7, 11) is 0. The van der Waals surface area contributed by atoms with Crippen LogP contribution in [0.2, 0.25) is 15.1 Å². The van der Waals surface area contributed by atoms with Gasteiger partial charge in [-0.1, -0.05) is 46.9 Å². The van der Waals surface area contributed by atoms with Gasteiger partial charge in [-0.05, 0) is 35.9 Å². The largest absolute Gasteiger partial charge is 0.482 e. The lowest BCUT2D eigenvalue weighted by atomic mass is 10.2. The predicted molar refractivity (Wildman–Crippen MR) is 89.1 cm³/mol. The number of hydrogen-bond acceptors (Lipinski definition) is 3. The molecule has 1 amide bonds. The minimum absolute atomic E-state index is 0.209. The quantitative estimate of drug-likeness (QED) is 0.645. The molecule has 0 aliphatic rings. The molecule has 0 saturated carbocycles. The van der Waals surface area contributed by atoms with Crippen molar-refractivity contribution in [3.05, 3.63) is 63.1 Å². The van der Waals surface area contributed by atoms with Gasteiger partial charge in [0.1, 0.15) is 5.75 Å². The Kier molecular flexibility index (Phi) is 6.07. The van der Waals surface area contributed by atoms with Crippen LogP contribution in [0.25, 0.3) is 0 Å². The zero-order valence-electron chi connectivity index (χ0n) is 11.2. The topological polar surface area (TPSA) is 50.7 Å². The zero-order valence-corrected chi connectivity index (χ0v) is 13.5. The number of amides is 1. The molecule has 0 aromatic heterocycles. The maximum Gasteiger partial charge on any atom is 0.277 e. The highest BCUT2D eigenvalue weighted by Gasteiger charge is 2.05. The van der Waals surface area contributed by atoms with Gasteiger partial charge in [-0.25, -0.2) is 5.43 Å². The molecule has 0 saturated heterocycles. The summed E-state index contributed by atoms with van der Waals surface area (Å²) < 4.78 is 5.28. The maximum absolute atomic E-state index is 11.6. The molecule has 0 atom stereocenters. The van der Waals surface area contributed by atoms with Gasteiger partial charge in [-0.3, -0.25) is 4.79 Å². The summed E-state index contributed by atoms with van der Waals surface area (Å²) >= 11 is 17.5. The van der Waals surface area contributed by atoms with E-state index in [0.717, 1.165) is 5.56 Å². The minimum Gasteiger partial charge on any atom is -0.482 e. The Labute approximate surface area is 142 Å². The van der Waals surface area contributed by atoms with E-state index in [4.69, 9.17) is 39.5 Å². The van der Waals surface area contributed by atoms with Crippen molar-refractivity contribution in [1.82, 2.24) is 5.43 Å². The minimum atomic E-state index is -0.406. The van der Waals surface area contributed by atoms with Gasteiger partial charge in [-0.15, -0.1) is 0 Å². The number of carbonyl (C=O) groups excluding carboxylic acids is 1. The summed E-state index contributed by atoms with van der Waals surface area (Å²) in [4.78, 5) is 11.6. The first kappa shape index (κ1) is 16.6. The van der Waals surface area contributed by atoms with Crippen molar-refractivity contribution in [2.75, 3.05) is 6.61 Å². The van der Waals surface area contributed by atoms with E-state index in [1.165, 1.54) is 12.3 Å². The Morgan fingerprint density at radius 1 is 1.09 bits per heavy atom. The van der Waals surface area contributed by atoms with Gasteiger partial charge in [0, 0.05) is 10.0 Å². The lowest BCUT2D eigenvalue weighted by Gasteiger charge is -2.06. The number of ether oxygens (including phenoxy) is 1. The molecule has 2 aromatic carbocycles. The number of halogens is 3. The standard InChI is InChI=1S/C15H11Cl3N2O2/c16-11-3-1-10(2-4-11)8-19-20-15(21)9-22-14-6-5-12(17)7-13(14)18/h1-8H,9H2,(H,20,21)/b19-8+. The molecule has 2 aromatic rings. The van der Waals surface area contributed by atoms with Crippen LogP contribution in [0.4, 0.5) is 0 Å². The number of hydrogen-bond donors (Lipinski definition) is 1. The van der Waals surface area contributed by atoms with Crippen molar-refractivity contribution in [3.63, 3.8) is 0 Å². The van der Waals surface area contributed by atoms with E-state index in [9.17, 15) is 4.79 Å². The Morgan fingerprint density at radius 2 is 1.77 bits per heavy atom. The SMILES string of the molecule is O=C(COc1ccc(Cl)cc1Cl)N/N=C/c1ccc(Cl)cc1. The van der Waals surface area contributed by atoms with Crippen LogP contribution in [0.5, 0.6) is 5.75 Å². The van der Waals surface area contributed by atoms with Crippen molar-refractivity contribution in [3.8, 4) is 5.75 Å². The molecule has 22 heavy (non-hydrogen) atoms. The third-order valence-electron chi connectivity index (χ3n) is 2.53. The van der Waals surface area contributed by atoms with Gasteiger partial charge >= 0.3 is 0 Å². The molecule has 0 bridgehead atoms. The fourth-order valence-electron chi connectivity index (χ4n) is 1.50.